The number of amides is 1. The molecule has 0 unspecified atom stereocenters. The van der Waals surface area contributed by atoms with Crippen LogP contribution in [0.5, 0.6) is 5.75 Å². The molecule has 1 aliphatic heterocycles. The number of β-amino-alcohol motifs (C(OH)–C–C–N with tert-alkyl or cyclic N) is 1. The van der Waals surface area contributed by atoms with Crippen LogP contribution < -0.4 is 10.1 Å². The number of anilines is 1. The second kappa shape index (κ2) is 7.41. The van der Waals surface area contributed by atoms with Gasteiger partial charge in [-0.15, -0.1) is 0 Å². The molecule has 5 rings (SSSR count). The van der Waals surface area contributed by atoms with Crippen LogP contribution in [0.1, 0.15) is 12.8 Å². The molecule has 1 amide bonds. The average molecular weight is 410 g/mol. The van der Waals surface area contributed by atoms with Crippen LogP contribution in [0.2, 0.25) is 0 Å². The van der Waals surface area contributed by atoms with Gasteiger partial charge in [0.1, 0.15) is 5.69 Å². The summed E-state index contributed by atoms with van der Waals surface area (Å²) in [5, 5.41) is 21.9. The normalized spacial score (nSPS) is 22.0. The Labute approximate surface area is 174 Å². The summed E-state index contributed by atoms with van der Waals surface area (Å²) < 4.78 is 9.59. The number of carbonyl (C=O) groups excluding carboxylic acids is 1. The van der Waals surface area contributed by atoms with E-state index in [1.165, 1.54) is 0 Å². The van der Waals surface area contributed by atoms with Crippen LogP contribution in [0.4, 0.5) is 5.82 Å². The van der Waals surface area contributed by atoms with Crippen molar-refractivity contribution in [3.63, 3.8) is 0 Å². The zero-order chi connectivity index (χ0) is 20.8. The number of aliphatic hydroxyl groups excluding tert-OH is 1. The standard InChI is InChI=1S/C21H26N6O3/c1-25-10-15(17(28)11-25)12-30-18-9-22-26(2)20(18)14-5-6-27-16(7-14)8-19(24-27)23-21(29)13-3-4-13/h5-9,13,15,17,28H,3-4,10-12H2,1-2H3,(H,23,24,29)/t15-,17+/m0/s1. The minimum Gasteiger partial charge on any atom is -0.489 e. The summed E-state index contributed by atoms with van der Waals surface area (Å²) in [6.45, 7) is 1.93. The van der Waals surface area contributed by atoms with Crippen molar-refractivity contribution < 1.29 is 14.6 Å². The van der Waals surface area contributed by atoms with Gasteiger partial charge in [0.15, 0.2) is 11.6 Å². The molecule has 3 aromatic heterocycles. The summed E-state index contributed by atoms with van der Waals surface area (Å²) in [5.41, 5.74) is 2.68. The Kier molecular flexibility index (Phi) is 4.71. The molecule has 9 nitrogen and oxygen atoms in total. The van der Waals surface area contributed by atoms with Crippen molar-refractivity contribution in [3.05, 3.63) is 30.6 Å². The molecular weight excluding hydrogens is 384 g/mol. The van der Waals surface area contributed by atoms with Crippen LogP contribution in [0.3, 0.4) is 0 Å². The van der Waals surface area contributed by atoms with E-state index in [9.17, 15) is 9.90 Å². The number of likely N-dealkylation sites (N-methyl/N-ethyl adjacent to an activating group) is 1. The number of fused-ring (bicyclic) bond motifs is 1. The fourth-order valence-electron chi connectivity index (χ4n) is 4.05. The van der Waals surface area contributed by atoms with Crippen molar-refractivity contribution in [1.29, 1.82) is 0 Å². The highest BCUT2D eigenvalue weighted by atomic mass is 16.5. The maximum Gasteiger partial charge on any atom is 0.228 e. The molecule has 2 N–H and O–H groups in total. The summed E-state index contributed by atoms with van der Waals surface area (Å²) in [7, 11) is 3.88. The molecular formula is C21H26N6O3. The second-order valence-corrected chi connectivity index (χ2v) is 8.42. The third-order valence-corrected chi connectivity index (χ3v) is 5.88. The van der Waals surface area contributed by atoms with Crippen LogP contribution >= 0.6 is 0 Å². The van der Waals surface area contributed by atoms with Crippen LogP contribution in [-0.4, -0.2) is 68.2 Å². The van der Waals surface area contributed by atoms with E-state index in [0.717, 1.165) is 36.2 Å². The summed E-state index contributed by atoms with van der Waals surface area (Å²) in [5.74, 6) is 1.51. The van der Waals surface area contributed by atoms with E-state index in [1.807, 2.05) is 38.5 Å². The number of aliphatic hydroxyl groups is 1. The quantitative estimate of drug-likeness (QED) is 0.637. The summed E-state index contributed by atoms with van der Waals surface area (Å²) in [6, 6.07) is 5.82. The maximum absolute atomic E-state index is 12.0. The summed E-state index contributed by atoms with van der Waals surface area (Å²) in [4.78, 5) is 14.1. The largest absolute Gasteiger partial charge is 0.489 e. The van der Waals surface area contributed by atoms with Gasteiger partial charge in [0.2, 0.25) is 5.91 Å². The Balaban J connectivity index is 1.36. The topological polar surface area (TPSA) is 96.9 Å². The van der Waals surface area contributed by atoms with Crippen LogP contribution in [-0.2, 0) is 11.8 Å². The van der Waals surface area contributed by atoms with Gasteiger partial charge in [-0.2, -0.15) is 10.2 Å². The lowest BCUT2D eigenvalue weighted by molar-refractivity contribution is -0.117. The molecule has 1 aliphatic carbocycles. The summed E-state index contributed by atoms with van der Waals surface area (Å²) in [6.07, 6.45) is 5.12. The van der Waals surface area contributed by atoms with Gasteiger partial charge in [-0.25, -0.2) is 4.52 Å². The van der Waals surface area contributed by atoms with Crippen molar-refractivity contribution in [2.24, 2.45) is 18.9 Å². The molecule has 2 atom stereocenters. The fraction of sp³-hybridized carbons (Fsp3) is 0.476. The first-order chi connectivity index (χ1) is 14.5. The van der Waals surface area contributed by atoms with Crippen molar-refractivity contribution in [1.82, 2.24) is 24.3 Å². The number of hydrogen-bond donors (Lipinski definition) is 2. The highest BCUT2D eigenvalue weighted by Crippen LogP contribution is 2.32. The molecule has 1 saturated carbocycles. The van der Waals surface area contributed by atoms with Crippen LogP contribution in [0.15, 0.2) is 30.6 Å². The Morgan fingerprint density at radius 3 is 2.87 bits per heavy atom. The van der Waals surface area contributed by atoms with E-state index in [0.29, 0.717) is 24.7 Å². The van der Waals surface area contributed by atoms with Crippen LogP contribution in [0, 0.1) is 11.8 Å². The van der Waals surface area contributed by atoms with Gasteiger partial charge in [0.05, 0.1) is 24.4 Å². The summed E-state index contributed by atoms with van der Waals surface area (Å²) >= 11 is 0. The number of carbonyl (C=O) groups is 1. The number of aromatic nitrogens is 4. The van der Waals surface area contributed by atoms with Gasteiger partial charge in [0, 0.05) is 49.8 Å². The molecule has 4 heterocycles. The Morgan fingerprint density at radius 1 is 1.30 bits per heavy atom. The monoisotopic (exact) mass is 410 g/mol. The molecule has 1 saturated heterocycles. The SMILES string of the molecule is CN1C[C@@H](COc2cnn(C)c2-c2ccn3nc(NC(=O)C4CC4)cc3c2)[C@H](O)C1. The van der Waals surface area contributed by atoms with Gasteiger partial charge >= 0.3 is 0 Å². The first-order valence-corrected chi connectivity index (χ1v) is 10.3. The van der Waals surface area contributed by atoms with E-state index < -0.39 is 0 Å². The first kappa shape index (κ1) is 19.1. The van der Waals surface area contributed by atoms with Crippen molar-refractivity contribution >= 4 is 17.2 Å². The highest BCUT2D eigenvalue weighted by Gasteiger charge is 2.31. The predicted octanol–water partition coefficient (Wildman–Crippen LogP) is 1.38. The molecule has 0 radical (unpaired) electrons. The maximum atomic E-state index is 12.0. The zero-order valence-electron chi connectivity index (χ0n) is 17.2. The molecule has 0 aromatic carbocycles. The third kappa shape index (κ3) is 3.66. The number of nitrogens with one attached hydrogen (secondary N) is 1. The predicted molar refractivity (Wildman–Crippen MR) is 111 cm³/mol. The minimum atomic E-state index is -0.373. The second-order valence-electron chi connectivity index (χ2n) is 8.42. The lowest BCUT2D eigenvalue weighted by atomic mass is 10.1. The van der Waals surface area contributed by atoms with Gasteiger partial charge in [-0.1, -0.05) is 0 Å². The Bertz CT molecular complexity index is 1090. The van der Waals surface area contributed by atoms with E-state index in [-0.39, 0.29) is 23.8 Å². The number of likely N-dealkylation sites (tertiary alicyclic amines) is 1. The van der Waals surface area contributed by atoms with Gasteiger partial charge in [0.25, 0.3) is 0 Å². The highest BCUT2D eigenvalue weighted by molar-refractivity contribution is 5.93. The van der Waals surface area contributed by atoms with Crippen molar-refractivity contribution in [2.75, 3.05) is 32.1 Å². The Morgan fingerprint density at radius 2 is 2.13 bits per heavy atom. The van der Waals surface area contributed by atoms with E-state index in [4.69, 9.17) is 4.74 Å². The number of rotatable bonds is 6. The van der Waals surface area contributed by atoms with Gasteiger partial charge in [-0.05, 0) is 32.0 Å². The molecule has 0 bridgehead atoms. The molecule has 158 valence electrons. The number of ether oxygens (including phenoxy) is 1. The van der Waals surface area contributed by atoms with E-state index >= 15 is 0 Å². The van der Waals surface area contributed by atoms with Crippen molar-refractivity contribution in [2.45, 2.75) is 18.9 Å². The average Bonchev–Trinajstić information content (AvgIpc) is 3.28. The fourth-order valence-corrected chi connectivity index (χ4v) is 4.05. The van der Waals surface area contributed by atoms with E-state index in [1.54, 1.807) is 15.4 Å². The smallest absolute Gasteiger partial charge is 0.228 e. The number of nitrogens with zero attached hydrogens (tertiary/aromatic N) is 5. The number of hydrogen-bond acceptors (Lipinski definition) is 6. The third-order valence-electron chi connectivity index (χ3n) is 5.88. The molecule has 3 aromatic rings. The first-order valence-electron chi connectivity index (χ1n) is 10.3. The van der Waals surface area contributed by atoms with Gasteiger partial charge in [-0.3, -0.25) is 9.48 Å². The van der Waals surface area contributed by atoms with E-state index in [2.05, 4.69) is 20.4 Å². The number of pyridine rings is 1. The van der Waals surface area contributed by atoms with Crippen LogP contribution in [0.25, 0.3) is 16.8 Å². The molecule has 9 heteroatoms. The molecule has 0 spiro atoms. The zero-order valence-corrected chi connectivity index (χ0v) is 17.2. The van der Waals surface area contributed by atoms with Gasteiger partial charge < -0.3 is 20.1 Å². The lowest BCUT2D eigenvalue weighted by Gasteiger charge is -2.15. The molecule has 2 aliphatic rings. The lowest BCUT2D eigenvalue weighted by Crippen LogP contribution is -2.24. The number of aryl methyl sites for hydroxylation is 1. The molecule has 30 heavy (non-hydrogen) atoms. The Hall–Kier alpha value is -2.91. The molecule has 2 fully saturated rings. The van der Waals surface area contributed by atoms with Crippen molar-refractivity contribution in [3.8, 4) is 17.0 Å². The minimum absolute atomic E-state index is 0.0423.